The van der Waals surface area contributed by atoms with Crippen molar-refractivity contribution in [2.45, 2.75) is 6.92 Å². The predicted octanol–water partition coefficient (Wildman–Crippen LogP) is 0.960. The highest BCUT2D eigenvalue weighted by atomic mass is 16.4. The quantitative estimate of drug-likeness (QED) is 0.667. The molecule has 0 unspecified atom stereocenters. The van der Waals surface area contributed by atoms with Crippen molar-refractivity contribution in [3.05, 3.63) is 29.1 Å². The first kappa shape index (κ1) is 8.21. The van der Waals surface area contributed by atoms with Crippen LogP contribution < -0.4 is 0 Å². The lowest BCUT2D eigenvalue weighted by Gasteiger charge is -1.96. The average molecular weight is 162 g/mol. The molecule has 0 spiro atoms. The molecule has 1 rings (SSSR count). The lowest BCUT2D eigenvalue weighted by Crippen LogP contribution is -2.01. The minimum absolute atomic E-state index is 0.0999. The normalized spacial score (nSPS) is 9.00. The van der Waals surface area contributed by atoms with Crippen molar-refractivity contribution in [1.29, 1.82) is 5.26 Å². The van der Waals surface area contributed by atoms with Gasteiger partial charge in [-0.15, -0.1) is 0 Å². The third-order valence-electron chi connectivity index (χ3n) is 1.44. The van der Waals surface area contributed by atoms with Crippen LogP contribution in [0.25, 0.3) is 0 Å². The van der Waals surface area contributed by atoms with E-state index >= 15 is 0 Å². The molecule has 0 saturated heterocycles. The maximum atomic E-state index is 10.4. The Morgan fingerprint density at radius 2 is 2.42 bits per heavy atom. The number of hydrogen-bond donors (Lipinski definition) is 1. The number of aromatic nitrogens is 1. The second-order valence-corrected chi connectivity index (χ2v) is 2.30. The van der Waals surface area contributed by atoms with Crippen LogP contribution in [0.1, 0.15) is 21.6 Å². The number of carbonyl (C=O) groups is 1. The van der Waals surface area contributed by atoms with E-state index in [9.17, 15) is 4.79 Å². The van der Waals surface area contributed by atoms with Gasteiger partial charge in [-0.2, -0.15) is 5.26 Å². The van der Waals surface area contributed by atoms with Crippen molar-refractivity contribution in [2.24, 2.45) is 0 Å². The molecule has 4 heteroatoms. The molecular weight excluding hydrogens is 156 g/mol. The summed E-state index contributed by atoms with van der Waals surface area (Å²) in [5.74, 6) is -1.12. The Bertz CT molecular complexity index is 366. The molecule has 60 valence electrons. The molecule has 0 aliphatic rings. The molecule has 1 heterocycles. The molecule has 0 fully saturated rings. The van der Waals surface area contributed by atoms with Crippen molar-refractivity contribution < 1.29 is 9.90 Å². The fourth-order valence-electron chi connectivity index (χ4n) is 0.761. The Morgan fingerprint density at radius 1 is 1.75 bits per heavy atom. The lowest BCUT2D eigenvalue weighted by molar-refractivity contribution is 0.0690. The van der Waals surface area contributed by atoms with Crippen LogP contribution in [0, 0.1) is 18.3 Å². The highest BCUT2D eigenvalue weighted by Gasteiger charge is 2.06. The number of aromatic carboxylic acids is 1. The van der Waals surface area contributed by atoms with E-state index < -0.39 is 5.97 Å². The van der Waals surface area contributed by atoms with Gasteiger partial charge in [-0.3, -0.25) is 0 Å². The number of nitriles is 1. The molecule has 4 nitrogen and oxygen atoms in total. The molecule has 0 aliphatic carbocycles. The van der Waals surface area contributed by atoms with Crippen LogP contribution in [0.2, 0.25) is 0 Å². The Labute approximate surface area is 69.1 Å². The molecule has 0 bridgehead atoms. The maximum Gasteiger partial charge on any atom is 0.354 e. The first-order valence-corrected chi connectivity index (χ1v) is 3.25. The molecule has 1 aromatic rings. The van der Waals surface area contributed by atoms with E-state index in [1.165, 1.54) is 12.3 Å². The Balaban J connectivity index is 3.25. The molecular formula is C8H6N2O2. The van der Waals surface area contributed by atoms with E-state index in [1.54, 1.807) is 6.92 Å². The van der Waals surface area contributed by atoms with Crippen LogP contribution in [-0.4, -0.2) is 16.1 Å². The van der Waals surface area contributed by atoms with E-state index in [-0.39, 0.29) is 5.69 Å². The molecule has 0 aromatic carbocycles. The topological polar surface area (TPSA) is 74.0 Å². The maximum absolute atomic E-state index is 10.4. The van der Waals surface area contributed by atoms with Gasteiger partial charge in [0.2, 0.25) is 0 Å². The summed E-state index contributed by atoms with van der Waals surface area (Å²) in [4.78, 5) is 14.0. The monoisotopic (exact) mass is 162 g/mol. The summed E-state index contributed by atoms with van der Waals surface area (Å²) in [7, 11) is 0. The van der Waals surface area contributed by atoms with E-state index in [2.05, 4.69) is 4.98 Å². The van der Waals surface area contributed by atoms with Gasteiger partial charge in [0, 0.05) is 6.20 Å². The zero-order chi connectivity index (χ0) is 9.14. The molecule has 0 amide bonds. The number of carboxylic acid groups (broad SMARTS) is 1. The molecule has 0 aliphatic heterocycles. The summed E-state index contributed by atoms with van der Waals surface area (Å²) in [5.41, 5.74) is 0.932. The van der Waals surface area contributed by atoms with Gasteiger partial charge in [0.1, 0.15) is 5.69 Å². The third kappa shape index (κ3) is 1.40. The van der Waals surface area contributed by atoms with Gasteiger partial charge in [0.05, 0.1) is 11.6 Å². The molecule has 12 heavy (non-hydrogen) atoms. The zero-order valence-electron chi connectivity index (χ0n) is 6.40. The van der Waals surface area contributed by atoms with Gasteiger partial charge in [-0.05, 0) is 18.6 Å². The minimum atomic E-state index is -1.12. The van der Waals surface area contributed by atoms with Gasteiger partial charge >= 0.3 is 5.97 Å². The minimum Gasteiger partial charge on any atom is -0.477 e. The molecule has 0 atom stereocenters. The Morgan fingerprint density at radius 3 is 2.92 bits per heavy atom. The van der Waals surface area contributed by atoms with Crippen molar-refractivity contribution in [2.75, 3.05) is 0 Å². The van der Waals surface area contributed by atoms with Gasteiger partial charge in [-0.1, -0.05) is 0 Å². The summed E-state index contributed by atoms with van der Waals surface area (Å²) >= 11 is 0. The van der Waals surface area contributed by atoms with Crippen LogP contribution in [0.4, 0.5) is 0 Å². The molecule has 1 aromatic heterocycles. The van der Waals surface area contributed by atoms with Gasteiger partial charge in [0.25, 0.3) is 0 Å². The van der Waals surface area contributed by atoms with Crippen LogP contribution in [0.3, 0.4) is 0 Å². The summed E-state index contributed by atoms with van der Waals surface area (Å²) in [5, 5.41) is 17.1. The summed E-state index contributed by atoms with van der Waals surface area (Å²) < 4.78 is 0. The summed E-state index contributed by atoms with van der Waals surface area (Å²) in [6.07, 6.45) is 1.38. The number of hydrogen-bond acceptors (Lipinski definition) is 3. The summed E-state index contributed by atoms with van der Waals surface area (Å²) in [6, 6.07) is 3.15. The van der Waals surface area contributed by atoms with Crippen LogP contribution >= 0.6 is 0 Å². The van der Waals surface area contributed by atoms with E-state index in [1.807, 2.05) is 6.07 Å². The number of nitrogens with zero attached hydrogens (tertiary/aromatic N) is 2. The smallest absolute Gasteiger partial charge is 0.354 e. The highest BCUT2D eigenvalue weighted by molar-refractivity contribution is 5.85. The number of aryl methyl sites for hydroxylation is 1. The second kappa shape index (κ2) is 3.01. The van der Waals surface area contributed by atoms with E-state index in [0.717, 1.165) is 0 Å². The molecule has 1 N–H and O–H groups in total. The highest BCUT2D eigenvalue weighted by Crippen LogP contribution is 2.06. The van der Waals surface area contributed by atoms with Gasteiger partial charge in [0.15, 0.2) is 0 Å². The van der Waals surface area contributed by atoms with Crippen LogP contribution in [0.15, 0.2) is 12.3 Å². The number of carboxylic acids is 1. The first-order valence-electron chi connectivity index (χ1n) is 3.25. The van der Waals surface area contributed by atoms with Crippen molar-refractivity contribution in [1.82, 2.24) is 4.98 Å². The SMILES string of the molecule is Cc1cnc(C(=O)O)cc1C#N. The van der Waals surface area contributed by atoms with E-state index in [0.29, 0.717) is 11.1 Å². The molecule has 0 radical (unpaired) electrons. The van der Waals surface area contributed by atoms with Crippen molar-refractivity contribution in [3.63, 3.8) is 0 Å². The zero-order valence-corrected chi connectivity index (χ0v) is 6.40. The first-order chi connectivity index (χ1) is 5.65. The largest absolute Gasteiger partial charge is 0.477 e. The molecule has 0 saturated carbocycles. The van der Waals surface area contributed by atoms with E-state index in [4.69, 9.17) is 10.4 Å². The Kier molecular flexibility index (Phi) is 2.06. The average Bonchev–Trinajstić information content (AvgIpc) is 2.05. The summed E-state index contributed by atoms with van der Waals surface area (Å²) in [6.45, 7) is 1.71. The Hall–Kier alpha value is -1.89. The lowest BCUT2D eigenvalue weighted by atomic mass is 10.1. The van der Waals surface area contributed by atoms with Crippen LogP contribution in [-0.2, 0) is 0 Å². The van der Waals surface area contributed by atoms with Gasteiger partial charge < -0.3 is 5.11 Å². The van der Waals surface area contributed by atoms with Crippen molar-refractivity contribution in [3.8, 4) is 6.07 Å². The standard InChI is InChI=1S/C8H6N2O2/c1-5-4-10-7(8(11)12)2-6(5)3-9/h2,4H,1H3,(H,11,12). The fourth-order valence-corrected chi connectivity index (χ4v) is 0.761. The third-order valence-corrected chi connectivity index (χ3v) is 1.44. The number of rotatable bonds is 1. The van der Waals surface area contributed by atoms with Crippen molar-refractivity contribution >= 4 is 5.97 Å². The van der Waals surface area contributed by atoms with Crippen LogP contribution in [0.5, 0.6) is 0 Å². The van der Waals surface area contributed by atoms with Gasteiger partial charge in [-0.25, -0.2) is 9.78 Å². The predicted molar refractivity (Wildman–Crippen MR) is 40.6 cm³/mol. The fraction of sp³-hybridized carbons (Fsp3) is 0.125. The number of pyridine rings is 1. The second-order valence-electron chi connectivity index (χ2n) is 2.30.